The lowest BCUT2D eigenvalue weighted by atomic mass is 9.89. The second kappa shape index (κ2) is 7.16. The van der Waals surface area contributed by atoms with Gasteiger partial charge in [-0.2, -0.15) is 0 Å². The van der Waals surface area contributed by atoms with Crippen LogP contribution in [0.2, 0.25) is 0 Å². The van der Waals surface area contributed by atoms with Crippen molar-refractivity contribution in [2.45, 2.75) is 18.8 Å². The van der Waals surface area contributed by atoms with Gasteiger partial charge in [0.15, 0.2) is 11.5 Å². The summed E-state index contributed by atoms with van der Waals surface area (Å²) in [5.74, 6) is 0.200. The van der Waals surface area contributed by atoms with Gasteiger partial charge in [-0.3, -0.25) is 9.78 Å². The molecule has 1 amide bonds. The standard InChI is InChI=1S/C19H21N7O/c20-16-10-24-17(18(21)27)19(26-16)25-12-7-14-13(11-3-2-6-22-8-11)4-1-5-15(14)23-9-12/h1,4-5,7,9-11,22H,2-3,6,8H2,(H2,21,27)(H3,20,25,26). The molecule has 0 bridgehead atoms. The van der Waals surface area contributed by atoms with E-state index in [0.29, 0.717) is 11.6 Å². The summed E-state index contributed by atoms with van der Waals surface area (Å²) < 4.78 is 0. The molecule has 0 saturated carbocycles. The Kier molecular flexibility index (Phi) is 4.55. The number of amides is 1. The number of pyridine rings is 1. The number of piperidine rings is 1. The number of rotatable bonds is 4. The van der Waals surface area contributed by atoms with Gasteiger partial charge in [-0.1, -0.05) is 12.1 Å². The van der Waals surface area contributed by atoms with Crippen LogP contribution in [0, 0.1) is 0 Å². The highest BCUT2D eigenvalue weighted by molar-refractivity contribution is 5.96. The van der Waals surface area contributed by atoms with E-state index in [4.69, 9.17) is 11.5 Å². The van der Waals surface area contributed by atoms with Crippen molar-refractivity contribution < 1.29 is 4.79 Å². The second-order valence-electron chi connectivity index (χ2n) is 6.66. The summed E-state index contributed by atoms with van der Waals surface area (Å²) >= 11 is 0. The predicted octanol–water partition coefficient (Wildman–Crippen LogP) is 1.92. The molecule has 2 aromatic heterocycles. The van der Waals surface area contributed by atoms with Crippen LogP contribution >= 0.6 is 0 Å². The maximum absolute atomic E-state index is 11.6. The van der Waals surface area contributed by atoms with Crippen LogP contribution in [0.25, 0.3) is 10.9 Å². The highest BCUT2D eigenvalue weighted by Crippen LogP contribution is 2.31. The highest BCUT2D eigenvalue weighted by Gasteiger charge is 2.18. The number of hydrogen-bond acceptors (Lipinski definition) is 7. The van der Waals surface area contributed by atoms with Crippen LogP contribution in [0.1, 0.15) is 34.8 Å². The second-order valence-corrected chi connectivity index (χ2v) is 6.66. The van der Waals surface area contributed by atoms with Gasteiger partial charge in [0.25, 0.3) is 5.91 Å². The summed E-state index contributed by atoms with van der Waals surface area (Å²) in [5.41, 5.74) is 14.0. The number of benzene rings is 1. The van der Waals surface area contributed by atoms with Crippen LogP contribution in [0.4, 0.5) is 17.3 Å². The molecule has 3 aromatic rings. The van der Waals surface area contributed by atoms with Gasteiger partial charge in [0, 0.05) is 11.9 Å². The van der Waals surface area contributed by atoms with Gasteiger partial charge >= 0.3 is 0 Å². The number of hydrogen-bond donors (Lipinski definition) is 4. The Hall–Kier alpha value is -3.26. The zero-order chi connectivity index (χ0) is 18.8. The molecule has 1 aliphatic rings. The molecule has 1 saturated heterocycles. The number of nitrogens with zero attached hydrogens (tertiary/aromatic N) is 3. The first-order valence-electron chi connectivity index (χ1n) is 8.90. The Morgan fingerprint density at radius 3 is 2.93 bits per heavy atom. The summed E-state index contributed by atoms with van der Waals surface area (Å²) in [6, 6.07) is 8.21. The van der Waals surface area contributed by atoms with E-state index >= 15 is 0 Å². The smallest absolute Gasteiger partial charge is 0.271 e. The zero-order valence-corrected chi connectivity index (χ0v) is 14.8. The van der Waals surface area contributed by atoms with Gasteiger partial charge in [0.2, 0.25) is 0 Å². The van der Waals surface area contributed by atoms with Crippen LogP contribution in [-0.4, -0.2) is 33.9 Å². The number of nitrogens with two attached hydrogens (primary N) is 2. The van der Waals surface area contributed by atoms with E-state index in [0.717, 1.165) is 36.8 Å². The maximum Gasteiger partial charge on any atom is 0.271 e. The highest BCUT2D eigenvalue weighted by atomic mass is 16.1. The minimum atomic E-state index is -0.673. The van der Waals surface area contributed by atoms with E-state index < -0.39 is 5.91 Å². The number of nitrogen functional groups attached to an aromatic ring is 1. The quantitative estimate of drug-likeness (QED) is 0.557. The van der Waals surface area contributed by atoms with Crippen LogP contribution in [-0.2, 0) is 0 Å². The number of aromatic nitrogens is 3. The third kappa shape index (κ3) is 3.52. The number of carbonyl (C=O) groups is 1. The minimum absolute atomic E-state index is 0.0362. The van der Waals surface area contributed by atoms with E-state index in [1.165, 1.54) is 11.8 Å². The van der Waals surface area contributed by atoms with Crippen molar-refractivity contribution in [3.05, 3.63) is 47.9 Å². The Bertz CT molecular complexity index is 999. The van der Waals surface area contributed by atoms with Gasteiger partial charge < -0.3 is 22.1 Å². The zero-order valence-electron chi connectivity index (χ0n) is 14.8. The van der Waals surface area contributed by atoms with E-state index in [-0.39, 0.29) is 17.3 Å². The molecule has 0 aliphatic carbocycles. The molecule has 27 heavy (non-hydrogen) atoms. The van der Waals surface area contributed by atoms with E-state index in [2.05, 4.69) is 31.7 Å². The summed E-state index contributed by atoms with van der Waals surface area (Å²) in [5, 5.41) is 7.62. The summed E-state index contributed by atoms with van der Waals surface area (Å²) in [7, 11) is 0. The van der Waals surface area contributed by atoms with E-state index in [9.17, 15) is 4.79 Å². The summed E-state index contributed by atoms with van der Waals surface area (Å²) in [6.07, 6.45) is 5.31. The molecule has 4 rings (SSSR count). The molecule has 1 unspecified atom stereocenters. The maximum atomic E-state index is 11.6. The Morgan fingerprint density at radius 1 is 1.26 bits per heavy atom. The van der Waals surface area contributed by atoms with Crippen molar-refractivity contribution in [1.82, 2.24) is 20.3 Å². The molecule has 3 heterocycles. The Balaban J connectivity index is 1.73. The van der Waals surface area contributed by atoms with E-state index in [1.807, 2.05) is 18.2 Å². The predicted molar refractivity (Wildman–Crippen MR) is 105 cm³/mol. The Morgan fingerprint density at radius 2 is 2.15 bits per heavy atom. The molecule has 1 aromatic carbocycles. The molecule has 1 atom stereocenters. The Labute approximate surface area is 156 Å². The molecular weight excluding hydrogens is 342 g/mol. The van der Waals surface area contributed by atoms with E-state index in [1.54, 1.807) is 6.20 Å². The van der Waals surface area contributed by atoms with Crippen molar-refractivity contribution in [3.8, 4) is 0 Å². The van der Waals surface area contributed by atoms with Gasteiger partial charge in [-0.15, -0.1) is 0 Å². The third-order valence-electron chi connectivity index (χ3n) is 4.78. The molecule has 0 radical (unpaired) electrons. The van der Waals surface area contributed by atoms with Gasteiger partial charge in [-0.25, -0.2) is 9.97 Å². The van der Waals surface area contributed by atoms with Crippen molar-refractivity contribution in [2.75, 3.05) is 24.1 Å². The van der Waals surface area contributed by atoms with Gasteiger partial charge in [0.05, 0.1) is 23.6 Å². The lowest BCUT2D eigenvalue weighted by Crippen LogP contribution is -2.28. The molecule has 8 nitrogen and oxygen atoms in total. The first kappa shape index (κ1) is 17.2. The topological polar surface area (TPSA) is 132 Å². The van der Waals surface area contributed by atoms with Crippen molar-refractivity contribution in [2.24, 2.45) is 5.73 Å². The molecule has 1 aliphatic heterocycles. The number of carbonyl (C=O) groups excluding carboxylic acids is 1. The average molecular weight is 363 g/mol. The van der Waals surface area contributed by atoms with Crippen LogP contribution < -0.4 is 22.1 Å². The van der Waals surface area contributed by atoms with Gasteiger partial charge in [-0.05, 0) is 43.0 Å². The summed E-state index contributed by atoms with van der Waals surface area (Å²) in [4.78, 5) is 24.3. The fourth-order valence-electron chi connectivity index (χ4n) is 3.52. The van der Waals surface area contributed by atoms with Crippen LogP contribution in [0.3, 0.4) is 0 Å². The number of fused-ring (bicyclic) bond motifs is 1. The first-order valence-corrected chi connectivity index (χ1v) is 8.90. The normalized spacial score (nSPS) is 17.0. The monoisotopic (exact) mass is 363 g/mol. The molecule has 8 heteroatoms. The molecule has 1 fully saturated rings. The largest absolute Gasteiger partial charge is 0.382 e. The van der Waals surface area contributed by atoms with Crippen molar-refractivity contribution >= 4 is 34.1 Å². The van der Waals surface area contributed by atoms with Crippen molar-refractivity contribution in [1.29, 1.82) is 0 Å². The van der Waals surface area contributed by atoms with Crippen LogP contribution in [0.15, 0.2) is 36.7 Å². The molecule has 6 N–H and O–H groups in total. The first-order chi connectivity index (χ1) is 13.1. The van der Waals surface area contributed by atoms with Crippen LogP contribution in [0.5, 0.6) is 0 Å². The summed E-state index contributed by atoms with van der Waals surface area (Å²) in [6.45, 7) is 2.03. The minimum Gasteiger partial charge on any atom is -0.382 e. The molecule has 0 spiro atoms. The SMILES string of the molecule is NC(=O)c1ncc(N)nc1Nc1cnc2cccc(C3CCCNC3)c2c1. The number of nitrogens with one attached hydrogen (secondary N) is 2. The van der Waals surface area contributed by atoms with Gasteiger partial charge in [0.1, 0.15) is 5.82 Å². The molecule has 138 valence electrons. The lowest BCUT2D eigenvalue weighted by molar-refractivity contribution is 0.0996. The fraction of sp³-hybridized carbons (Fsp3) is 0.263. The average Bonchev–Trinajstić information content (AvgIpc) is 2.68. The fourth-order valence-corrected chi connectivity index (χ4v) is 3.52. The molecular formula is C19H21N7O. The number of anilines is 3. The lowest BCUT2D eigenvalue weighted by Gasteiger charge is -2.24. The third-order valence-corrected chi connectivity index (χ3v) is 4.78. The van der Waals surface area contributed by atoms with Crippen molar-refractivity contribution in [3.63, 3.8) is 0 Å². The number of primary amides is 1.